The molecule has 11 heavy (non-hydrogen) atoms. The van der Waals surface area contributed by atoms with E-state index >= 15 is 0 Å². The van der Waals surface area contributed by atoms with E-state index in [0.717, 1.165) is 18.2 Å². The van der Waals surface area contributed by atoms with Crippen LogP contribution in [0.4, 0.5) is 5.13 Å². The Bertz CT molecular complexity index is 220. The van der Waals surface area contributed by atoms with Crippen LogP contribution in [0.25, 0.3) is 0 Å². The molecular weight excluding hydrogens is 160 g/mol. The first-order chi connectivity index (χ1) is 5.42. The Labute approximate surface area is 69.0 Å². The Morgan fingerprint density at radius 2 is 2.73 bits per heavy atom. The zero-order valence-corrected chi connectivity index (χ0v) is 6.92. The van der Waals surface area contributed by atoms with Crippen molar-refractivity contribution in [2.24, 2.45) is 5.73 Å². The highest BCUT2D eigenvalue weighted by atomic mass is 32.1. The smallest absolute Gasteiger partial charge is 0.208 e. The normalized spacial score (nSPS) is 23.4. The van der Waals surface area contributed by atoms with Crippen LogP contribution in [-0.2, 0) is 0 Å². The number of aromatic nitrogens is 2. The summed E-state index contributed by atoms with van der Waals surface area (Å²) in [6.07, 6.45) is 1.19. The number of hydrogen-bond acceptors (Lipinski definition) is 5. The number of rotatable bonds is 2. The zero-order chi connectivity index (χ0) is 7.68. The molecule has 2 rings (SSSR count). The van der Waals surface area contributed by atoms with Crippen molar-refractivity contribution in [3.8, 4) is 0 Å². The lowest BCUT2D eigenvalue weighted by molar-refractivity contribution is 0.454. The Hall–Kier alpha value is -0.680. The molecule has 0 bridgehead atoms. The molecule has 0 amide bonds. The Morgan fingerprint density at radius 1 is 1.82 bits per heavy atom. The first-order valence-corrected chi connectivity index (χ1v) is 4.52. The standard InChI is InChI=1S/C6H10N4S/c7-3-5-1-2-10(5)6-9-8-4-11-6/h4-5H,1-3,7H2. The average Bonchev–Trinajstić information content (AvgIpc) is 2.39. The number of nitrogens with zero attached hydrogens (tertiary/aromatic N) is 3. The number of nitrogens with two attached hydrogens (primary N) is 1. The van der Waals surface area contributed by atoms with Crippen LogP contribution >= 0.6 is 11.3 Å². The first-order valence-electron chi connectivity index (χ1n) is 3.64. The molecule has 1 unspecified atom stereocenters. The largest absolute Gasteiger partial charge is 0.342 e. The third-order valence-electron chi connectivity index (χ3n) is 2.01. The fourth-order valence-electron chi connectivity index (χ4n) is 1.23. The molecule has 1 aromatic heterocycles. The van der Waals surface area contributed by atoms with Crippen LogP contribution in [0.1, 0.15) is 6.42 Å². The fourth-order valence-corrected chi connectivity index (χ4v) is 1.89. The van der Waals surface area contributed by atoms with Crippen molar-refractivity contribution in [1.29, 1.82) is 0 Å². The molecule has 4 nitrogen and oxygen atoms in total. The van der Waals surface area contributed by atoms with Gasteiger partial charge in [-0.15, -0.1) is 10.2 Å². The molecule has 0 radical (unpaired) electrons. The molecule has 1 aromatic rings. The van der Waals surface area contributed by atoms with Crippen molar-refractivity contribution in [2.75, 3.05) is 18.0 Å². The van der Waals surface area contributed by atoms with Crippen molar-refractivity contribution < 1.29 is 0 Å². The molecule has 0 aromatic carbocycles. The van der Waals surface area contributed by atoms with Crippen molar-refractivity contribution in [2.45, 2.75) is 12.5 Å². The van der Waals surface area contributed by atoms with Crippen LogP contribution in [0.2, 0.25) is 0 Å². The van der Waals surface area contributed by atoms with Gasteiger partial charge >= 0.3 is 0 Å². The number of hydrogen-bond donors (Lipinski definition) is 1. The van der Waals surface area contributed by atoms with Crippen LogP contribution in [0.15, 0.2) is 5.51 Å². The average molecular weight is 170 g/mol. The minimum Gasteiger partial charge on any atom is -0.342 e. The molecule has 1 fully saturated rings. The van der Waals surface area contributed by atoms with E-state index in [0.29, 0.717) is 6.04 Å². The molecule has 2 N–H and O–H groups in total. The third-order valence-corrected chi connectivity index (χ3v) is 2.74. The third kappa shape index (κ3) is 1.10. The topological polar surface area (TPSA) is 55.0 Å². The zero-order valence-electron chi connectivity index (χ0n) is 6.10. The van der Waals surface area contributed by atoms with E-state index in [4.69, 9.17) is 5.73 Å². The highest BCUT2D eigenvalue weighted by Crippen LogP contribution is 2.26. The molecule has 1 saturated heterocycles. The summed E-state index contributed by atoms with van der Waals surface area (Å²) in [7, 11) is 0. The molecule has 60 valence electrons. The van der Waals surface area contributed by atoms with Crippen molar-refractivity contribution in [3.05, 3.63) is 5.51 Å². The highest BCUT2D eigenvalue weighted by molar-refractivity contribution is 7.13. The minimum atomic E-state index is 0.503. The van der Waals surface area contributed by atoms with Gasteiger partial charge in [0, 0.05) is 19.1 Å². The van der Waals surface area contributed by atoms with Gasteiger partial charge in [0.05, 0.1) is 0 Å². The Kier molecular flexibility index (Phi) is 1.75. The van der Waals surface area contributed by atoms with E-state index in [9.17, 15) is 0 Å². The second-order valence-electron chi connectivity index (χ2n) is 2.59. The first kappa shape index (κ1) is 7.00. The fraction of sp³-hybridized carbons (Fsp3) is 0.667. The van der Waals surface area contributed by atoms with E-state index < -0.39 is 0 Å². The van der Waals surface area contributed by atoms with Crippen LogP contribution in [0.5, 0.6) is 0 Å². The second-order valence-corrected chi connectivity index (χ2v) is 3.40. The van der Waals surface area contributed by atoms with Crippen LogP contribution in [-0.4, -0.2) is 29.3 Å². The van der Waals surface area contributed by atoms with Crippen LogP contribution < -0.4 is 10.6 Å². The molecule has 5 heteroatoms. The summed E-state index contributed by atoms with van der Waals surface area (Å²) < 4.78 is 0. The molecule has 0 saturated carbocycles. The highest BCUT2D eigenvalue weighted by Gasteiger charge is 2.28. The SMILES string of the molecule is NCC1CCN1c1nncs1. The van der Waals surface area contributed by atoms with Crippen molar-refractivity contribution in [1.82, 2.24) is 10.2 Å². The van der Waals surface area contributed by atoms with E-state index in [-0.39, 0.29) is 0 Å². The van der Waals surface area contributed by atoms with Gasteiger partial charge in [-0.25, -0.2) is 0 Å². The Morgan fingerprint density at radius 3 is 3.18 bits per heavy atom. The summed E-state index contributed by atoms with van der Waals surface area (Å²) in [5, 5.41) is 8.76. The van der Waals surface area contributed by atoms with Crippen LogP contribution in [0, 0.1) is 0 Å². The maximum atomic E-state index is 5.55. The van der Waals surface area contributed by atoms with E-state index in [1.165, 1.54) is 6.42 Å². The molecule has 0 spiro atoms. The van der Waals surface area contributed by atoms with Gasteiger partial charge in [-0.2, -0.15) is 0 Å². The summed E-state index contributed by atoms with van der Waals surface area (Å²) in [4.78, 5) is 2.21. The molecule has 0 aliphatic carbocycles. The predicted molar refractivity (Wildman–Crippen MR) is 44.7 cm³/mol. The van der Waals surface area contributed by atoms with Gasteiger partial charge in [-0.05, 0) is 6.42 Å². The second kappa shape index (κ2) is 2.75. The lowest BCUT2D eigenvalue weighted by atomic mass is 10.1. The predicted octanol–water partition coefficient (Wildman–Crippen LogP) is 0.0755. The van der Waals surface area contributed by atoms with Gasteiger partial charge in [0.25, 0.3) is 0 Å². The molecule has 1 aliphatic rings. The number of anilines is 1. The van der Waals surface area contributed by atoms with Crippen molar-refractivity contribution in [3.63, 3.8) is 0 Å². The minimum absolute atomic E-state index is 0.503. The van der Waals surface area contributed by atoms with Gasteiger partial charge in [0.1, 0.15) is 5.51 Å². The van der Waals surface area contributed by atoms with E-state index in [2.05, 4.69) is 15.1 Å². The van der Waals surface area contributed by atoms with Gasteiger partial charge in [-0.1, -0.05) is 11.3 Å². The maximum Gasteiger partial charge on any atom is 0.208 e. The quantitative estimate of drug-likeness (QED) is 0.682. The summed E-state index contributed by atoms with van der Waals surface area (Å²) in [5.41, 5.74) is 7.30. The molecule has 2 heterocycles. The van der Waals surface area contributed by atoms with Crippen molar-refractivity contribution >= 4 is 16.5 Å². The summed E-state index contributed by atoms with van der Waals surface area (Å²) in [6.45, 7) is 1.80. The van der Waals surface area contributed by atoms with Crippen LogP contribution in [0.3, 0.4) is 0 Å². The Balaban J connectivity index is 2.07. The van der Waals surface area contributed by atoms with E-state index in [1.807, 2.05) is 0 Å². The summed E-state index contributed by atoms with van der Waals surface area (Å²) >= 11 is 1.57. The lowest BCUT2D eigenvalue weighted by Crippen LogP contribution is -2.51. The molecule has 1 atom stereocenters. The van der Waals surface area contributed by atoms with Gasteiger partial charge in [0.2, 0.25) is 5.13 Å². The van der Waals surface area contributed by atoms with Gasteiger partial charge < -0.3 is 10.6 Å². The maximum absolute atomic E-state index is 5.55. The summed E-state index contributed by atoms with van der Waals surface area (Å²) in [5.74, 6) is 0. The monoisotopic (exact) mass is 170 g/mol. The molecular formula is C6H10N4S. The molecule has 1 aliphatic heterocycles. The van der Waals surface area contributed by atoms with E-state index in [1.54, 1.807) is 16.8 Å². The van der Waals surface area contributed by atoms with Gasteiger partial charge in [0.15, 0.2) is 0 Å². The summed E-state index contributed by atoms with van der Waals surface area (Å²) in [6, 6.07) is 0.503. The van der Waals surface area contributed by atoms with Gasteiger partial charge in [-0.3, -0.25) is 0 Å². The lowest BCUT2D eigenvalue weighted by Gasteiger charge is -2.39.